The van der Waals surface area contributed by atoms with Crippen LogP contribution in [0.2, 0.25) is 0 Å². The molecule has 23 heavy (non-hydrogen) atoms. The van der Waals surface area contributed by atoms with E-state index >= 15 is 0 Å². The number of hydrogen-bond donors (Lipinski definition) is 1. The van der Waals surface area contributed by atoms with Gasteiger partial charge in [0.05, 0.1) is 11.7 Å². The topological polar surface area (TPSA) is 38.3 Å². The maximum absolute atomic E-state index is 14.3. The molecule has 3 nitrogen and oxygen atoms in total. The van der Waals surface area contributed by atoms with Crippen LogP contribution in [-0.2, 0) is 6.42 Å². The molecule has 2 heterocycles. The number of benzene rings is 1. The Balaban J connectivity index is 1.63. The lowest BCUT2D eigenvalue weighted by molar-refractivity contribution is 0.149. The Morgan fingerprint density at radius 1 is 1.35 bits per heavy atom. The molecule has 2 aromatic rings. The molecule has 1 aliphatic carbocycles. The summed E-state index contributed by atoms with van der Waals surface area (Å²) >= 11 is 0. The molecule has 0 radical (unpaired) electrons. The number of alkyl halides is 1. The molecular weight excluding hydrogens is 311 g/mol. The Hall–Kier alpha value is -1.17. The summed E-state index contributed by atoms with van der Waals surface area (Å²) in [6.45, 7) is 1.35. The quantitative estimate of drug-likeness (QED) is 0.860. The number of thiophene rings is 1. The van der Waals surface area contributed by atoms with E-state index < -0.39 is 16.9 Å². The van der Waals surface area contributed by atoms with E-state index in [-0.39, 0.29) is 6.04 Å². The molecule has 0 amide bonds. The highest BCUT2D eigenvalue weighted by Crippen LogP contribution is 2.42. The first-order valence-corrected chi connectivity index (χ1v) is 9.67. The zero-order chi connectivity index (χ0) is 16.0. The highest BCUT2D eigenvalue weighted by Gasteiger charge is 2.30. The number of rotatable bonds is 4. The summed E-state index contributed by atoms with van der Waals surface area (Å²) in [4.78, 5) is 2.02. The summed E-state index contributed by atoms with van der Waals surface area (Å²) in [5, 5.41) is 6.34. The monoisotopic (exact) mass is 334 g/mol. The Kier molecular flexibility index (Phi) is 4.03. The largest absolute Gasteiger partial charge is 0.590 e. The lowest BCUT2D eigenvalue weighted by atomic mass is 10.0. The first-order valence-electron chi connectivity index (χ1n) is 8.45. The van der Waals surface area contributed by atoms with Gasteiger partial charge in [-0.05, 0) is 61.5 Å². The summed E-state index contributed by atoms with van der Waals surface area (Å²) < 4.78 is 27.7. The third kappa shape index (κ3) is 3.10. The smallest absolute Gasteiger partial charge is 0.203 e. The van der Waals surface area contributed by atoms with E-state index in [2.05, 4.69) is 11.4 Å². The summed E-state index contributed by atoms with van der Waals surface area (Å²) in [5.41, 5.74) is 2.06. The van der Waals surface area contributed by atoms with Crippen molar-refractivity contribution in [3.63, 3.8) is 0 Å². The number of nitrogens with one attached hydrogen (secondary N) is 1. The number of halogens is 1. The van der Waals surface area contributed by atoms with Gasteiger partial charge in [0.2, 0.25) is 4.70 Å². The van der Waals surface area contributed by atoms with Gasteiger partial charge in [-0.15, -0.1) is 0 Å². The zero-order valence-corrected chi connectivity index (χ0v) is 14.2. The number of nitrogens with zero attached hydrogens (tertiary/aromatic N) is 1. The number of fused-ring (bicyclic) bond motifs is 1. The second kappa shape index (κ2) is 6.04. The van der Waals surface area contributed by atoms with Gasteiger partial charge in [-0.3, -0.25) is 0 Å². The van der Waals surface area contributed by atoms with Gasteiger partial charge in [0, 0.05) is 24.0 Å². The molecule has 2 fully saturated rings. The third-order valence-corrected chi connectivity index (χ3v) is 6.44. The van der Waals surface area contributed by atoms with E-state index in [1.165, 1.54) is 18.4 Å². The Bertz CT molecular complexity index is 712. The van der Waals surface area contributed by atoms with E-state index in [0.717, 1.165) is 41.1 Å². The van der Waals surface area contributed by atoms with Gasteiger partial charge in [-0.2, -0.15) is 0 Å². The molecule has 124 valence electrons. The van der Waals surface area contributed by atoms with Crippen molar-refractivity contribution in [3.8, 4) is 0 Å². The molecule has 1 saturated heterocycles. The van der Waals surface area contributed by atoms with Crippen molar-refractivity contribution in [1.82, 2.24) is 4.90 Å². The van der Waals surface area contributed by atoms with E-state index in [1.807, 2.05) is 29.5 Å². The molecule has 2 aliphatic rings. The fraction of sp³-hybridized carbons (Fsp3) is 0.556. The number of anilines is 1. The molecule has 1 saturated carbocycles. The van der Waals surface area contributed by atoms with Crippen molar-refractivity contribution < 1.29 is 8.94 Å². The Morgan fingerprint density at radius 2 is 2.17 bits per heavy atom. The summed E-state index contributed by atoms with van der Waals surface area (Å²) in [6, 6.07) is 5.80. The fourth-order valence-corrected chi connectivity index (χ4v) is 4.94. The molecule has 1 aromatic heterocycles. The predicted molar refractivity (Wildman–Crippen MR) is 93.5 cm³/mol. The third-order valence-electron chi connectivity index (χ3n) is 5.10. The van der Waals surface area contributed by atoms with E-state index in [9.17, 15) is 8.94 Å². The van der Waals surface area contributed by atoms with Crippen LogP contribution >= 0.6 is 10.8 Å². The van der Waals surface area contributed by atoms with Crippen LogP contribution in [0, 0.1) is 5.92 Å². The van der Waals surface area contributed by atoms with E-state index in [0.29, 0.717) is 6.54 Å². The SMILES string of the molecule is CN1CC[C@H](Nc2cccc3c(CC4CC4)c[s+]([O-])c23)[C@H](F)C1. The van der Waals surface area contributed by atoms with Crippen molar-refractivity contribution in [1.29, 1.82) is 0 Å². The van der Waals surface area contributed by atoms with Crippen LogP contribution in [-0.4, -0.2) is 41.8 Å². The van der Waals surface area contributed by atoms with Crippen LogP contribution < -0.4 is 5.32 Å². The van der Waals surface area contributed by atoms with Gasteiger partial charge in [0.15, 0.2) is 0 Å². The van der Waals surface area contributed by atoms with Gasteiger partial charge in [0.25, 0.3) is 0 Å². The van der Waals surface area contributed by atoms with Crippen LogP contribution in [0.15, 0.2) is 23.6 Å². The molecular formula is C18H23FN2OS. The predicted octanol–water partition coefficient (Wildman–Crippen LogP) is 3.97. The summed E-state index contributed by atoms with van der Waals surface area (Å²) in [5.74, 6) is 0.768. The van der Waals surface area contributed by atoms with Gasteiger partial charge < -0.3 is 14.8 Å². The van der Waals surface area contributed by atoms with Crippen molar-refractivity contribution in [3.05, 3.63) is 29.1 Å². The van der Waals surface area contributed by atoms with Gasteiger partial charge in [-0.25, -0.2) is 4.39 Å². The second-order valence-corrected chi connectivity index (χ2v) is 8.33. The Labute approximate surface area is 139 Å². The van der Waals surface area contributed by atoms with Gasteiger partial charge in [0.1, 0.15) is 11.6 Å². The number of hydrogen-bond acceptors (Lipinski definition) is 3. The fourth-order valence-electron chi connectivity index (χ4n) is 3.58. The van der Waals surface area contributed by atoms with Crippen molar-refractivity contribution in [2.75, 3.05) is 25.5 Å². The van der Waals surface area contributed by atoms with Crippen LogP contribution in [0.1, 0.15) is 24.8 Å². The van der Waals surface area contributed by atoms with Crippen molar-refractivity contribution in [2.24, 2.45) is 5.92 Å². The minimum Gasteiger partial charge on any atom is -0.590 e. The maximum Gasteiger partial charge on any atom is 0.203 e. The first-order chi connectivity index (χ1) is 11.1. The number of likely N-dealkylation sites (tertiary alicyclic amines) is 1. The summed E-state index contributed by atoms with van der Waals surface area (Å²) in [7, 11) is 0.843. The first kappa shape index (κ1) is 15.4. The second-order valence-electron chi connectivity index (χ2n) is 7.09. The normalized spacial score (nSPS) is 26.7. The molecule has 1 aliphatic heterocycles. The maximum atomic E-state index is 14.3. The van der Waals surface area contributed by atoms with E-state index in [4.69, 9.17) is 0 Å². The zero-order valence-electron chi connectivity index (χ0n) is 13.4. The lowest BCUT2D eigenvalue weighted by Crippen LogP contribution is -2.46. The minimum atomic E-state index is -1.11. The van der Waals surface area contributed by atoms with Crippen molar-refractivity contribution in [2.45, 2.75) is 37.9 Å². The van der Waals surface area contributed by atoms with Gasteiger partial charge >= 0.3 is 0 Å². The van der Waals surface area contributed by atoms with Crippen LogP contribution in [0.25, 0.3) is 10.1 Å². The molecule has 0 bridgehead atoms. The molecule has 0 spiro atoms. The minimum absolute atomic E-state index is 0.192. The van der Waals surface area contributed by atoms with Crippen LogP contribution in [0.5, 0.6) is 0 Å². The van der Waals surface area contributed by atoms with Gasteiger partial charge in [-0.1, -0.05) is 6.07 Å². The average Bonchev–Trinajstić information content (AvgIpc) is 3.27. The standard InChI is InChI=1S/C18H23FN2OS/c1-21-8-7-16(15(19)10-21)20-17-4-2-3-14-13(9-12-5-6-12)11-23(22)18(14)17/h2-4,11-12,15-16,20H,5-10H2,1H3/t15-,16+,23?/m1/s1. The summed E-state index contributed by atoms with van der Waals surface area (Å²) in [6.07, 6.45) is 3.49. The lowest BCUT2D eigenvalue weighted by Gasteiger charge is -2.33. The molecule has 3 atom stereocenters. The van der Waals surface area contributed by atoms with Crippen molar-refractivity contribution >= 4 is 26.5 Å². The van der Waals surface area contributed by atoms with Crippen LogP contribution in [0.4, 0.5) is 10.1 Å². The average molecular weight is 334 g/mol. The molecule has 1 unspecified atom stereocenters. The Morgan fingerprint density at radius 3 is 2.91 bits per heavy atom. The van der Waals surface area contributed by atoms with E-state index in [1.54, 1.807) is 0 Å². The molecule has 5 heteroatoms. The highest BCUT2D eigenvalue weighted by molar-refractivity contribution is 7.30. The highest BCUT2D eigenvalue weighted by atomic mass is 32.2. The molecule has 4 rings (SSSR count). The number of piperidine rings is 1. The van der Waals surface area contributed by atoms with Crippen LogP contribution in [0.3, 0.4) is 0 Å². The molecule has 1 N–H and O–H groups in total. The molecule has 1 aromatic carbocycles.